The Morgan fingerprint density at radius 2 is 1.42 bits per heavy atom. The third-order valence-electron chi connectivity index (χ3n) is 3.49. The summed E-state index contributed by atoms with van der Waals surface area (Å²) >= 11 is 0. The molecule has 0 bridgehead atoms. The number of benzene rings is 2. The Balaban J connectivity index is 1.85. The lowest BCUT2D eigenvalue weighted by atomic mass is 10.0. The van der Waals surface area contributed by atoms with Crippen molar-refractivity contribution in [2.45, 2.75) is 45.6 Å². The molecule has 0 amide bonds. The van der Waals surface area contributed by atoms with E-state index in [4.69, 9.17) is 4.74 Å². The first-order valence-corrected chi connectivity index (χ1v) is 8.21. The summed E-state index contributed by atoms with van der Waals surface area (Å²) in [5.41, 5.74) is 2.73. The second-order valence-electron chi connectivity index (χ2n) is 6.86. The first-order chi connectivity index (χ1) is 11.3. The zero-order chi connectivity index (χ0) is 17.6. The highest BCUT2D eigenvalue weighted by atomic mass is 16.6. The van der Waals surface area contributed by atoms with Gasteiger partial charge in [0.15, 0.2) is 0 Å². The molecule has 0 saturated carbocycles. The molecule has 0 heterocycles. The molecular formula is C21H24O3. The smallest absolute Gasteiger partial charge is 0.306 e. The molecule has 2 aromatic carbocycles. The third-order valence-corrected chi connectivity index (χ3v) is 3.49. The average molecular weight is 324 g/mol. The van der Waals surface area contributed by atoms with Crippen LogP contribution in [0, 0.1) is 0 Å². The van der Waals surface area contributed by atoms with E-state index in [1.54, 1.807) is 0 Å². The van der Waals surface area contributed by atoms with Gasteiger partial charge in [-0.15, -0.1) is 0 Å². The molecule has 0 N–H and O–H groups in total. The van der Waals surface area contributed by atoms with Gasteiger partial charge < -0.3 is 4.74 Å². The molecule has 0 aromatic heterocycles. The highest BCUT2D eigenvalue weighted by Crippen LogP contribution is 2.19. The molecule has 0 saturated heterocycles. The minimum absolute atomic E-state index is 0.0494. The van der Waals surface area contributed by atoms with Gasteiger partial charge in [0.05, 0.1) is 6.42 Å². The summed E-state index contributed by atoms with van der Waals surface area (Å²) in [7, 11) is 0. The molecule has 24 heavy (non-hydrogen) atoms. The second-order valence-corrected chi connectivity index (χ2v) is 6.86. The van der Waals surface area contributed by atoms with E-state index in [1.807, 2.05) is 63.2 Å². The fraction of sp³-hybridized carbons (Fsp3) is 0.333. The van der Waals surface area contributed by atoms with Crippen molar-refractivity contribution >= 4 is 11.8 Å². The van der Waals surface area contributed by atoms with Crippen LogP contribution in [0.1, 0.15) is 39.2 Å². The van der Waals surface area contributed by atoms with Crippen LogP contribution in [0.4, 0.5) is 0 Å². The van der Waals surface area contributed by atoms with Crippen LogP contribution in [-0.4, -0.2) is 17.4 Å². The minimum Gasteiger partial charge on any atom is -0.460 e. The van der Waals surface area contributed by atoms with Crippen LogP contribution in [0.15, 0.2) is 54.6 Å². The summed E-state index contributed by atoms with van der Waals surface area (Å²) in [6.07, 6.45) is 0.700. The van der Waals surface area contributed by atoms with Crippen molar-refractivity contribution < 1.29 is 14.3 Å². The van der Waals surface area contributed by atoms with Gasteiger partial charge in [-0.1, -0.05) is 54.6 Å². The van der Waals surface area contributed by atoms with Crippen molar-refractivity contribution in [1.29, 1.82) is 0 Å². The van der Waals surface area contributed by atoms with Crippen LogP contribution in [-0.2, 0) is 20.7 Å². The van der Waals surface area contributed by atoms with E-state index >= 15 is 0 Å². The molecule has 0 atom stereocenters. The number of hydrogen-bond donors (Lipinski definition) is 0. The molecule has 0 fully saturated rings. The van der Waals surface area contributed by atoms with Gasteiger partial charge >= 0.3 is 5.97 Å². The molecule has 0 aliphatic heterocycles. The Morgan fingerprint density at radius 1 is 0.833 bits per heavy atom. The Bertz CT molecular complexity index is 679. The maximum absolute atomic E-state index is 12.0. The molecule has 126 valence electrons. The molecule has 0 aliphatic rings. The number of ether oxygens (including phenoxy) is 1. The first-order valence-electron chi connectivity index (χ1n) is 8.21. The highest BCUT2D eigenvalue weighted by Gasteiger charge is 2.17. The summed E-state index contributed by atoms with van der Waals surface area (Å²) in [5, 5.41) is 0. The first kappa shape index (κ1) is 17.9. The lowest BCUT2D eigenvalue weighted by Crippen LogP contribution is -2.24. The summed E-state index contributed by atoms with van der Waals surface area (Å²) in [6, 6.07) is 18.1. The number of rotatable bonds is 6. The van der Waals surface area contributed by atoms with Gasteiger partial charge in [0, 0.05) is 12.8 Å². The zero-order valence-corrected chi connectivity index (χ0v) is 14.5. The molecule has 0 unspecified atom stereocenters. The quantitative estimate of drug-likeness (QED) is 0.730. The highest BCUT2D eigenvalue weighted by molar-refractivity contribution is 5.84. The lowest BCUT2D eigenvalue weighted by molar-refractivity contribution is -0.155. The van der Waals surface area contributed by atoms with Crippen molar-refractivity contribution in [3.8, 4) is 11.1 Å². The maximum Gasteiger partial charge on any atom is 0.306 e. The molecule has 0 spiro atoms. The number of esters is 1. The fourth-order valence-corrected chi connectivity index (χ4v) is 2.40. The van der Waals surface area contributed by atoms with Crippen molar-refractivity contribution in [3.63, 3.8) is 0 Å². The van der Waals surface area contributed by atoms with Crippen LogP contribution in [0.3, 0.4) is 0 Å². The van der Waals surface area contributed by atoms with Gasteiger partial charge in [-0.3, -0.25) is 9.59 Å². The Hall–Kier alpha value is -2.42. The normalized spacial score (nSPS) is 11.1. The van der Waals surface area contributed by atoms with E-state index in [9.17, 15) is 9.59 Å². The fourth-order valence-electron chi connectivity index (χ4n) is 2.40. The monoisotopic (exact) mass is 324 g/mol. The van der Waals surface area contributed by atoms with Gasteiger partial charge in [-0.05, 0) is 37.5 Å². The zero-order valence-electron chi connectivity index (χ0n) is 14.5. The second kappa shape index (κ2) is 7.91. The van der Waals surface area contributed by atoms with Gasteiger partial charge in [0.1, 0.15) is 11.4 Å². The van der Waals surface area contributed by atoms with Crippen LogP contribution >= 0.6 is 0 Å². The standard InChI is InChI=1S/C21H24O3/c1-21(2,3)24-20(23)14-13-19(22)15-16-9-11-18(12-10-16)17-7-5-4-6-8-17/h4-12H,13-15H2,1-3H3. The minimum atomic E-state index is -0.507. The molecule has 2 rings (SSSR count). The molecular weight excluding hydrogens is 300 g/mol. The van der Waals surface area contributed by atoms with E-state index in [0.29, 0.717) is 6.42 Å². The summed E-state index contributed by atoms with van der Waals surface area (Å²) in [4.78, 5) is 23.7. The molecule has 0 aliphatic carbocycles. The van der Waals surface area contributed by atoms with E-state index in [0.717, 1.165) is 16.7 Å². The molecule has 3 heteroatoms. The van der Waals surface area contributed by atoms with Gasteiger partial charge in [0.25, 0.3) is 0 Å². The lowest BCUT2D eigenvalue weighted by Gasteiger charge is -2.19. The van der Waals surface area contributed by atoms with Gasteiger partial charge in [-0.25, -0.2) is 0 Å². The number of carbonyl (C=O) groups is 2. The van der Waals surface area contributed by atoms with Crippen LogP contribution in [0.2, 0.25) is 0 Å². The Morgan fingerprint density at radius 3 is 2.00 bits per heavy atom. The van der Waals surface area contributed by atoms with Crippen molar-refractivity contribution in [3.05, 3.63) is 60.2 Å². The SMILES string of the molecule is CC(C)(C)OC(=O)CCC(=O)Cc1ccc(-c2ccccc2)cc1. The summed E-state index contributed by atoms with van der Waals surface area (Å²) in [5.74, 6) is -0.274. The van der Waals surface area contributed by atoms with E-state index in [1.165, 1.54) is 0 Å². The summed E-state index contributed by atoms with van der Waals surface area (Å²) < 4.78 is 5.21. The number of carbonyl (C=O) groups excluding carboxylic acids is 2. The number of Topliss-reactive ketones (excluding diaryl/α,β-unsaturated/α-hetero) is 1. The number of ketones is 1. The number of hydrogen-bond acceptors (Lipinski definition) is 3. The predicted octanol–water partition coefficient (Wildman–Crippen LogP) is 4.59. The molecule has 3 nitrogen and oxygen atoms in total. The maximum atomic E-state index is 12.0. The Labute approximate surface area is 143 Å². The van der Waals surface area contributed by atoms with E-state index in [-0.39, 0.29) is 24.6 Å². The summed E-state index contributed by atoms with van der Waals surface area (Å²) in [6.45, 7) is 5.46. The van der Waals surface area contributed by atoms with Gasteiger partial charge in [0.2, 0.25) is 0 Å². The van der Waals surface area contributed by atoms with Crippen LogP contribution in [0.25, 0.3) is 11.1 Å². The predicted molar refractivity (Wildman–Crippen MR) is 95.7 cm³/mol. The van der Waals surface area contributed by atoms with Crippen molar-refractivity contribution in [2.75, 3.05) is 0 Å². The van der Waals surface area contributed by atoms with E-state index < -0.39 is 5.60 Å². The molecule has 2 aromatic rings. The van der Waals surface area contributed by atoms with Crippen LogP contribution in [0.5, 0.6) is 0 Å². The van der Waals surface area contributed by atoms with E-state index in [2.05, 4.69) is 12.1 Å². The third kappa shape index (κ3) is 5.99. The average Bonchev–Trinajstić information content (AvgIpc) is 2.53. The molecule has 0 radical (unpaired) electrons. The van der Waals surface area contributed by atoms with Crippen molar-refractivity contribution in [2.24, 2.45) is 0 Å². The van der Waals surface area contributed by atoms with Crippen LogP contribution < -0.4 is 0 Å². The van der Waals surface area contributed by atoms with Gasteiger partial charge in [-0.2, -0.15) is 0 Å². The topological polar surface area (TPSA) is 43.4 Å². The van der Waals surface area contributed by atoms with Crippen molar-refractivity contribution in [1.82, 2.24) is 0 Å². The largest absolute Gasteiger partial charge is 0.460 e. The Kier molecular flexibility index (Phi) is 5.91.